The summed E-state index contributed by atoms with van der Waals surface area (Å²) in [5, 5.41) is 0. The third kappa shape index (κ3) is 4.16. The van der Waals surface area contributed by atoms with E-state index in [0.29, 0.717) is 18.4 Å². The molecule has 0 aliphatic carbocycles. The van der Waals surface area contributed by atoms with E-state index in [4.69, 9.17) is 0 Å². The number of halogens is 6. The molecule has 0 saturated heterocycles. The summed E-state index contributed by atoms with van der Waals surface area (Å²) < 4.78 is 76.5. The van der Waals surface area contributed by atoms with Crippen LogP contribution in [-0.4, -0.2) is 6.29 Å². The van der Waals surface area contributed by atoms with E-state index in [1.807, 2.05) is 0 Å². The van der Waals surface area contributed by atoms with Crippen molar-refractivity contribution in [3.05, 3.63) is 70.3 Å². The molecule has 0 heterocycles. The molecule has 0 atom stereocenters. The van der Waals surface area contributed by atoms with E-state index in [-0.39, 0.29) is 17.2 Å². The molecule has 0 fully saturated rings. The molecule has 0 aliphatic heterocycles. The zero-order valence-electron chi connectivity index (χ0n) is 11.8. The fraction of sp³-hybridized carbons (Fsp3) is 0.118. The summed E-state index contributed by atoms with van der Waals surface area (Å²) in [7, 11) is 0. The van der Waals surface area contributed by atoms with Crippen molar-refractivity contribution in [2.75, 3.05) is 0 Å². The summed E-state index contributed by atoms with van der Waals surface area (Å²) >= 11 is 0. The molecule has 7 heteroatoms. The fourth-order valence-corrected chi connectivity index (χ4v) is 1.88. The Hall–Kier alpha value is -2.75. The molecule has 1 nitrogen and oxygen atoms in total. The summed E-state index contributed by atoms with van der Waals surface area (Å²) in [5.74, 6) is 4.67. The second kappa shape index (κ2) is 6.40. The van der Waals surface area contributed by atoms with Crippen molar-refractivity contribution in [1.29, 1.82) is 0 Å². The van der Waals surface area contributed by atoms with Crippen LogP contribution in [0.4, 0.5) is 26.3 Å². The van der Waals surface area contributed by atoms with Crippen LogP contribution in [0.1, 0.15) is 32.6 Å². The van der Waals surface area contributed by atoms with Gasteiger partial charge in [-0.2, -0.15) is 26.3 Å². The lowest BCUT2D eigenvalue weighted by Crippen LogP contribution is -2.11. The van der Waals surface area contributed by atoms with E-state index in [1.54, 1.807) is 12.1 Å². The van der Waals surface area contributed by atoms with E-state index in [9.17, 15) is 31.1 Å². The summed E-state index contributed by atoms with van der Waals surface area (Å²) in [4.78, 5) is 10.8. The van der Waals surface area contributed by atoms with Crippen LogP contribution in [0.25, 0.3) is 0 Å². The molecule has 0 unspecified atom stereocenters. The molecule has 2 rings (SSSR count). The van der Waals surface area contributed by atoms with Crippen LogP contribution in [0.3, 0.4) is 0 Å². The zero-order chi connectivity index (χ0) is 18.0. The molecule has 0 aliphatic rings. The summed E-state index contributed by atoms with van der Waals surface area (Å²) in [6.07, 6.45) is -9.37. The molecule has 124 valence electrons. The first-order valence-corrected chi connectivity index (χ1v) is 6.47. The highest BCUT2D eigenvalue weighted by molar-refractivity contribution is 5.79. The van der Waals surface area contributed by atoms with Crippen molar-refractivity contribution < 1.29 is 31.1 Å². The van der Waals surface area contributed by atoms with Crippen LogP contribution < -0.4 is 0 Å². The molecule has 2 aromatic rings. The smallest absolute Gasteiger partial charge is 0.298 e. The molecule has 24 heavy (non-hydrogen) atoms. The Bertz CT molecular complexity index is 789. The topological polar surface area (TPSA) is 17.1 Å². The minimum atomic E-state index is -4.93. The second-order valence-corrected chi connectivity index (χ2v) is 4.75. The van der Waals surface area contributed by atoms with E-state index in [2.05, 4.69) is 11.8 Å². The number of carbonyl (C=O) groups excluding carboxylic acids is 1. The minimum Gasteiger partial charge on any atom is -0.298 e. The maximum atomic E-state index is 12.8. The number of aldehydes is 1. The van der Waals surface area contributed by atoms with E-state index in [0.717, 1.165) is 0 Å². The summed E-state index contributed by atoms with van der Waals surface area (Å²) in [5.41, 5.74) is -2.93. The number of alkyl halides is 6. The molecule has 0 aromatic heterocycles. The average Bonchev–Trinajstić information content (AvgIpc) is 2.51. The van der Waals surface area contributed by atoms with Crippen molar-refractivity contribution in [3.8, 4) is 11.8 Å². The molecule has 0 bridgehead atoms. The van der Waals surface area contributed by atoms with Gasteiger partial charge in [-0.1, -0.05) is 30.0 Å². The molecule has 0 saturated carbocycles. The van der Waals surface area contributed by atoms with Gasteiger partial charge in [0.05, 0.1) is 11.1 Å². The monoisotopic (exact) mass is 342 g/mol. The van der Waals surface area contributed by atoms with E-state index < -0.39 is 29.0 Å². The molecule has 2 aromatic carbocycles. The summed E-state index contributed by atoms with van der Waals surface area (Å²) in [6, 6.07) is 7.08. The van der Waals surface area contributed by atoms with Crippen molar-refractivity contribution >= 4 is 6.29 Å². The van der Waals surface area contributed by atoms with Crippen molar-refractivity contribution in [2.45, 2.75) is 12.4 Å². The highest BCUT2D eigenvalue weighted by Gasteiger charge is 2.36. The first kappa shape index (κ1) is 17.6. The van der Waals surface area contributed by atoms with Crippen molar-refractivity contribution in [2.24, 2.45) is 0 Å². The predicted molar refractivity (Wildman–Crippen MR) is 74.3 cm³/mol. The molecule has 0 N–H and O–H groups in total. The Morgan fingerprint density at radius 1 is 0.792 bits per heavy atom. The Labute approximate surface area is 132 Å². The SMILES string of the molecule is O=Cc1ccccc1C#Cc1cc(C(F)(F)F)cc(C(F)(F)F)c1. The van der Waals surface area contributed by atoms with Crippen LogP contribution in [-0.2, 0) is 12.4 Å². The number of hydrogen-bond acceptors (Lipinski definition) is 1. The lowest BCUT2D eigenvalue weighted by molar-refractivity contribution is -0.143. The molecular weight excluding hydrogens is 334 g/mol. The quantitative estimate of drug-likeness (QED) is 0.408. The van der Waals surface area contributed by atoms with Gasteiger partial charge in [0.15, 0.2) is 6.29 Å². The van der Waals surface area contributed by atoms with Crippen LogP contribution in [0.5, 0.6) is 0 Å². The number of benzene rings is 2. The Balaban J connectivity index is 2.55. The lowest BCUT2D eigenvalue weighted by atomic mass is 10.0. The van der Waals surface area contributed by atoms with Crippen molar-refractivity contribution in [1.82, 2.24) is 0 Å². The minimum absolute atomic E-state index is 0.0323. The van der Waals surface area contributed by atoms with Gasteiger partial charge in [0.2, 0.25) is 0 Å². The van der Waals surface area contributed by atoms with Gasteiger partial charge in [-0.25, -0.2) is 0 Å². The van der Waals surface area contributed by atoms with E-state index in [1.165, 1.54) is 12.1 Å². The highest BCUT2D eigenvalue weighted by atomic mass is 19.4. The van der Waals surface area contributed by atoms with Gasteiger partial charge >= 0.3 is 12.4 Å². The first-order chi connectivity index (χ1) is 11.1. The summed E-state index contributed by atoms with van der Waals surface area (Å²) in [6.45, 7) is 0. The Morgan fingerprint density at radius 2 is 1.33 bits per heavy atom. The van der Waals surface area contributed by atoms with Gasteiger partial charge in [0.1, 0.15) is 0 Å². The van der Waals surface area contributed by atoms with Crippen molar-refractivity contribution in [3.63, 3.8) is 0 Å². The Morgan fingerprint density at radius 3 is 1.83 bits per heavy atom. The highest BCUT2D eigenvalue weighted by Crippen LogP contribution is 2.36. The predicted octanol–water partition coefficient (Wildman–Crippen LogP) is 4.94. The largest absolute Gasteiger partial charge is 0.416 e. The maximum Gasteiger partial charge on any atom is 0.416 e. The standard InChI is InChI=1S/C17H8F6O/c18-16(19,20)14-7-11(8-15(9-14)17(21,22)23)5-6-12-3-1-2-4-13(12)10-24/h1-4,7-10H. The Kier molecular flexibility index (Phi) is 4.69. The van der Waals surface area contributed by atoms with Gasteiger partial charge < -0.3 is 0 Å². The zero-order valence-corrected chi connectivity index (χ0v) is 11.8. The van der Waals surface area contributed by atoms with Crippen LogP contribution in [0.15, 0.2) is 42.5 Å². The van der Waals surface area contributed by atoms with Gasteiger partial charge in [0.25, 0.3) is 0 Å². The number of hydrogen-bond donors (Lipinski definition) is 0. The van der Waals surface area contributed by atoms with Crippen LogP contribution in [0.2, 0.25) is 0 Å². The number of rotatable bonds is 1. The molecule has 0 spiro atoms. The van der Waals surface area contributed by atoms with Gasteiger partial charge in [-0.05, 0) is 24.3 Å². The molecule has 0 radical (unpaired) electrons. The lowest BCUT2D eigenvalue weighted by Gasteiger charge is -2.12. The maximum absolute atomic E-state index is 12.8. The van der Waals surface area contributed by atoms with E-state index >= 15 is 0 Å². The van der Waals surface area contributed by atoms with Gasteiger partial charge in [-0.15, -0.1) is 0 Å². The first-order valence-electron chi connectivity index (χ1n) is 6.47. The third-order valence-corrected chi connectivity index (χ3v) is 3.02. The fourth-order valence-electron chi connectivity index (χ4n) is 1.88. The van der Waals surface area contributed by atoms with Gasteiger partial charge in [-0.3, -0.25) is 4.79 Å². The molecular formula is C17H8F6O. The van der Waals surface area contributed by atoms with Crippen LogP contribution in [0, 0.1) is 11.8 Å². The molecule has 0 amide bonds. The average molecular weight is 342 g/mol. The number of carbonyl (C=O) groups is 1. The third-order valence-electron chi connectivity index (χ3n) is 3.02. The van der Waals surface area contributed by atoms with Gasteiger partial charge in [0, 0.05) is 16.7 Å². The normalized spacial score (nSPS) is 11.6. The second-order valence-electron chi connectivity index (χ2n) is 4.75. The van der Waals surface area contributed by atoms with Crippen LogP contribution >= 0.6 is 0 Å².